The minimum atomic E-state index is 0.207. The smallest absolute Gasteiger partial charge is 0.125 e. The van der Waals surface area contributed by atoms with E-state index in [9.17, 15) is 0 Å². The lowest BCUT2D eigenvalue weighted by molar-refractivity contribution is 0.109. The third kappa shape index (κ3) is 2.23. The fraction of sp³-hybridized carbons (Fsp3) is 0.385. The van der Waals surface area contributed by atoms with Gasteiger partial charge in [-0.25, -0.2) is 4.98 Å². The summed E-state index contributed by atoms with van der Waals surface area (Å²) in [5.74, 6) is 0. The van der Waals surface area contributed by atoms with Crippen molar-refractivity contribution in [3.8, 4) is 10.6 Å². The minimum Gasteiger partial charge on any atom is -0.372 e. The van der Waals surface area contributed by atoms with Crippen molar-refractivity contribution in [2.24, 2.45) is 0 Å². The van der Waals surface area contributed by atoms with Crippen molar-refractivity contribution in [3.05, 3.63) is 35.1 Å². The zero-order valence-corrected chi connectivity index (χ0v) is 10.5. The lowest BCUT2D eigenvalue weighted by Gasteiger charge is -2.04. The lowest BCUT2D eigenvalue weighted by Crippen LogP contribution is -1.95. The Balaban J connectivity index is 1.86. The van der Waals surface area contributed by atoms with Gasteiger partial charge < -0.3 is 4.74 Å². The molecule has 0 bridgehead atoms. The van der Waals surface area contributed by atoms with Gasteiger partial charge in [0.2, 0.25) is 0 Å². The SMILES string of the molecule is Cc1ccc(-c2nc(C3CCCO3)cs2)cn1. The highest BCUT2D eigenvalue weighted by atomic mass is 32.1. The summed E-state index contributed by atoms with van der Waals surface area (Å²) in [5.41, 5.74) is 3.19. The van der Waals surface area contributed by atoms with Crippen LogP contribution in [0.2, 0.25) is 0 Å². The Morgan fingerprint density at radius 2 is 2.35 bits per heavy atom. The van der Waals surface area contributed by atoms with Crippen LogP contribution < -0.4 is 0 Å². The van der Waals surface area contributed by atoms with Gasteiger partial charge in [0, 0.05) is 29.4 Å². The molecule has 1 saturated heterocycles. The van der Waals surface area contributed by atoms with Crippen LogP contribution in [0.15, 0.2) is 23.7 Å². The number of ether oxygens (including phenoxy) is 1. The highest BCUT2D eigenvalue weighted by Gasteiger charge is 2.20. The second-order valence-electron chi connectivity index (χ2n) is 4.27. The van der Waals surface area contributed by atoms with Crippen LogP contribution in [0.3, 0.4) is 0 Å². The highest BCUT2D eigenvalue weighted by Crippen LogP contribution is 2.32. The zero-order valence-electron chi connectivity index (χ0n) is 9.72. The van der Waals surface area contributed by atoms with E-state index in [-0.39, 0.29) is 6.10 Å². The van der Waals surface area contributed by atoms with Crippen LogP contribution in [-0.2, 0) is 4.74 Å². The van der Waals surface area contributed by atoms with E-state index in [1.807, 2.05) is 19.2 Å². The number of pyridine rings is 1. The van der Waals surface area contributed by atoms with Crippen LogP contribution in [0.25, 0.3) is 10.6 Å². The van der Waals surface area contributed by atoms with E-state index in [0.29, 0.717) is 0 Å². The average molecular weight is 246 g/mol. The normalized spacial score (nSPS) is 19.7. The van der Waals surface area contributed by atoms with Crippen molar-refractivity contribution in [1.82, 2.24) is 9.97 Å². The number of rotatable bonds is 2. The molecule has 1 unspecified atom stereocenters. The summed E-state index contributed by atoms with van der Waals surface area (Å²) >= 11 is 1.66. The van der Waals surface area contributed by atoms with Crippen LogP contribution >= 0.6 is 11.3 Å². The predicted octanol–water partition coefficient (Wildman–Crippen LogP) is 3.37. The average Bonchev–Trinajstić information content (AvgIpc) is 3.00. The first-order valence-electron chi connectivity index (χ1n) is 5.83. The maximum Gasteiger partial charge on any atom is 0.125 e. The van der Waals surface area contributed by atoms with E-state index in [1.165, 1.54) is 0 Å². The Morgan fingerprint density at radius 1 is 1.41 bits per heavy atom. The topological polar surface area (TPSA) is 35.0 Å². The molecule has 3 rings (SSSR count). The monoisotopic (exact) mass is 246 g/mol. The van der Waals surface area contributed by atoms with E-state index >= 15 is 0 Å². The quantitative estimate of drug-likeness (QED) is 0.815. The standard InChI is InChI=1S/C13H14N2OS/c1-9-4-5-10(7-14-9)13-15-11(8-17-13)12-3-2-6-16-12/h4-5,7-8,12H,2-3,6H2,1H3. The first-order valence-corrected chi connectivity index (χ1v) is 6.71. The van der Waals surface area contributed by atoms with Gasteiger partial charge in [0.1, 0.15) is 11.1 Å². The van der Waals surface area contributed by atoms with Gasteiger partial charge in [-0.05, 0) is 31.9 Å². The molecular formula is C13H14N2OS. The van der Waals surface area contributed by atoms with Crippen molar-refractivity contribution in [2.45, 2.75) is 25.9 Å². The molecule has 1 fully saturated rings. The van der Waals surface area contributed by atoms with Gasteiger partial charge in [-0.3, -0.25) is 4.98 Å². The summed E-state index contributed by atoms with van der Waals surface area (Å²) in [6.07, 6.45) is 4.32. The summed E-state index contributed by atoms with van der Waals surface area (Å²) in [4.78, 5) is 8.94. The van der Waals surface area contributed by atoms with Gasteiger partial charge in [0.05, 0.1) is 5.69 Å². The van der Waals surface area contributed by atoms with Crippen molar-refractivity contribution in [3.63, 3.8) is 0 Å². The second kappa shape index (κ2) is 4.55. The molecule has 3 nitrogen and oxygen atoms in total. The Hall–Kier alpha value is -1.26. The largest absolute Gasteiger partial charge is 0.372 e. The molecule has 0 radical (unpaired) electrons. The molecular weight excluding hydrogens is 232 g/mol. The van der Waals surface area contributed by atoms with Gasteiger partial charge in [0.15, 0.2) is 0 Å². The maximum absolute atomic E-state index is 5.64. The van der Waals surface area contributed by atoms with Crippen molar-refractivity contribution in [1.29, 1.82) is 0 Å². The van der Waals surface area contributed by atoms with Crippen molar-refractivity contribution >= 4 is 11.3 Å². The van der Waals surface area contributed by atoms with Crippen LogP contribution in [0.5, 0.6) is 0 Å². The Labute approximate surface area is 105 Å². The molecule has 0 aliphatic carbocycles. The number of hydrogen-bond acceptors (Lipinski definition) is 4. The highest BCUT2D eigenvalue weighted by molar-refractivity contribution is 7.13. The van der Waals surface area contributed by atoms with Crippen molar-refractivity contribution < 1.29 is 4.74 Å². The van der Waals surface area contributed by atoms with Gasteiger partial charge in [-0.2, -0.15) is 0 Å². The van der Waals surface area contributed by atoms with Gasteiger partial charge in [0.25, 0.3) is 0 Å². The lowest BCUT2D eigenvalue weighted by atomic mass is 10.2. The van der Waals surface area contributed by atoms with E-state index in [1.54, 1.807) is 11.3 Å². The first kappa shape index (κ1) is 10.9. The summed E-state index contributed by atoms with van der Waals surface area (Å²) in [5, 5.41) is 3.13. The molecule has 0 N–H and O–H groups in total. The molecule has 17 heavy (non-hydrogen) atoms. The van der Waals surface area contributed by atoms with Crippen LogP contribution in [0, 0.1) is 6.92 Å². The van der Waals surface area contributed by atoms with E-state index in [0.717, 1.165) is 41.4 Å². The molecule has 0 saturated carbocycles. The molecule has 1 atom stereocenters. The predicted molar refractivity (Wildman–Crippen MR) is 68.0 cm³/mol. The fourth-order valence-corrected chi connectivity index (χ4v) is 2.82. The molecule has 3 heterocycles. The molecule has 2 aromatic heterocycles. The van der Waals surface area contributed by atoms with Gasteiger partial charge in [-0.15, -0.1) is 11.3 Å². The summed E-state index contributed by atoms with van der Waals surface area (Å²) in [6.45, 7) is 2.85. The van der Waals surface area contributed by atoms with Crippen LogP contribution in [0.4, 0.5) is 0 Å². The third-order valence-corrected chi connectivity index (χ3v) is 3.85. The van der Waals surface area contributed by atoms with Gasteiger partial charge >= 0.3 is 0 Å². The zero-order chi connectivity index (χ0) is 11.7. The second-order valence-corrected chi connectivity index (χ2v) is 5.13. The molecule has 2 aromatic rings. The van der Waals surface area contributed by atoms with Gasteiger partial charge in [-0.1, -0.05) is 0 Å². The maximum atomic E-state index is 5.64. The summed E-state index contributed by atoms with van der Waals surface area (Å²) in [7, 11) is 0. The molecule has 1 aliphatic rings. The molecule has 0 aromatic carbocycles. The fourth-order valence-electron chi connectivity index (χ4n) is 1.97. The third-order valence-electron chi connectivity index (χ3n) is 2.94. The summed E-state index contributed by atoms with van der Waals surface area (Å²) < 4.78 is 5.64. The summed E-state index contributed by atoms with van der Waals surface area (Å²) in [6, 6.07) is 4.09. The Kier molecular flexibility index (Phi) is 2.91. The minimum absolute atomic E-state index is 0.207. The molecule has 4 heteroatoms. The number of thiazole rings is 1. The van der Waals surface area contributed by atoms with Crippen molar-refractivity contribution in [2.75, 3.05) is 6.61 Å². The Morgan fingerprint density at radius 3 is 3.06 bits per heavy atom. The van der Waals surface area contributed by atoms with E-state index < -0.39 is 0 Å². The van der Waals surface area contributed by atoms with Crippen LogP contribution in [-0.4, -0.2) is 16.6 Å². The van der Waals surface area contributed by atoms with Crippen LogP contribution in [0.1, 0.15) is 30.3 Å². The molecule has 0 amide bonds. The van der Waals surface area contributed by atoms with E-state index in [4.69, 9.17) is 4.74 Å². The number of aryl methyl sites for hydroxylation is 1. The first-order chi connectivity index (χ1) is 8.33. The Bertz CT molecular complexity index is 500. The molecule has 88 valence electrons. The van der Waals surface area contributed by atoms with E-state index in [2.05, 4.69) is 21.4 Å². The number of nitrogens with zero attached hydrogens (tertiary/aromatic N) is 2. The number of aromatic nitrogens is 2. The molecule has 0 spiro atoms. The number of hydrogen-bond donors (Lipinski definition) is 0. The molecule has 1 aliphatic heterocycles.